The fourth-order valence-electron chi connectivity index (χ4n) is 4.44. The Bertz CT molecular complexity index is 754. The van der Waals surface area contributed by atoms with Crippen molar-refractivity contribution in [2.45, 2.75) is 63.8 Å². The van der Waals surface area contributed by atoms with Crippen molar-refractivity contribution in [3.8, 4) is 5.75 Å². The number of nitrogens with zero attached hydrogens (tertiary/aromatic N) is 4. The summed E-state index contributed by atoms with van der Waals surface area (Å²) in [4.78, 5) is 2.37. The van der Waals surface area contributed by atoms with Crippen LogP contribution < -0.4 is 4.74 Å². The fourth-order valence-corrected chi connectivity index (χ4v) is 4.44. The molecule has 1 N–H and O–H groups in total. The summed E-state index contributed by atoms with van der Waals surface area (Å²) in [6, 6.07) is 7.84. The fraction of sp³-hybridized carbons (Fsp3) is 0.600. The summed E-state index contributed by atoms with van der Waals surface area (Å²) in [6.07, 6.45) is 5.51. The number of fused-ring (bicyclic) bond motifs is 1. The molecule has 1 fully saturated rings. The number of aromatic nitrogens is 3. The van der Waals surface area contributed by atoms with Gasteiger partial charge in [-0.15, -0.1) is 10.2 Å². The van der Waals surface area contributed by atoms with Crippen molar-refractivity contribution in [1.82, 2.24) is 19.7 Å². The molecular formula is C20H28N4O2. The van der Waals surface area contributed by atoms with E-state index in [1.54, 1.807) is 7.11 Å². The summed E-state index contributed by atoms with van der Waals surface area (Å²) in [5.74, 6) is 2.96. The Kier molecular flexibility index (Phi) is 4.71. The smallest absolute Gasteiger partial charge is 0.147 e. The van der Waals surface area contributed by atoms with Crippen LogP contribution in [0.2, 0.25) is 0 Å². The minimum atomic E-state index is -0.909. The van der Waals surface area contributed by atoms with Crippen LogP contribution in [0.15, 0.2) is 24.3 Å². The second-order valence-electron chi connectivity index (χ2n) is 7.65. The van der Waals surface area contributed by atoms with Gasteiger partial charge in [0.15, 0.2) is 0 Å². The first-order valence-electron chi connectivity index (χ1n) is 9.61. The second kappa shape index (κ2) is 7.00. The number of aliphatic hydroxyl groups is 1. The van der Waals surface area contributed by atoms with Gasteiger partial charge in [-0.2, -0.15) is 0 Å². The molecule has 2 aromatic rings. The standard InChI is InChI=1S/C20H28N4O2/c1-20(25,15-8-10-16(26-2)11-9-15)17-6-5-12-23(17)14-19-22-21-18-7-3-4-13-24(18)19/h8-11,17,25H,3-7,12-14H2,1-2H3/t17-,20-/m0/s1. The zero-order valence-corrected chi connectivity index (χ0v) is 15.7. The second-order valence-corrected chi connectivity index (χ2v) is 7.65. The average molecular weight is 356 g/mol. The molecule has 0 bridgehead atoms. The largest absolute Gasteiger partial charge is 0.497 e. The van der Waals surface area contributed by atoms with Gasteiger partial charge in [0, 0.05) is 19.0 Å². The van der Waals surface area contributed by atoms with Crippen LogP contribution in [0, 0.1) is 0 Å². The van der Waals surface area contributed by atoms with Crippen LogP contribution in [0.1, 0.15) is 49.8 Å². The molecule has 6 heteroatoms. The lowest BCUT2D eigenvalue weighted by atomic mass is 9.86. The van der Waals surface area contributed by atoms with Gasteiger partial charge in [0.25, 0.3) is 0 Å². The van der Waals surface area contributed by atoms with Crippen LogP contribution >= 0.6 is 0 Å². The van der Waals surface area contributed by atoms with Crippen LogP contribution in [-0.2, 0) is 25.1 Å². The number of likely N-dealkylation sites (tertiary alicyclic amines) is 1. The molecule has 0 spiro atoms. The molecule has 0 saturated carbocycles. The predicted molar refractivity (Wildman–Crippen MR) is 99.0 cm³/mol. The van der Waals surface area contributed by atoms with Crippen LogP contribution in [-0.4, -0.2) is 44.5 Å². The number of hydrogen-bond acceptors (Lipinski definition) is 5. The summed E-state index contributed by atoms with van der Waals surface area (Å²) in [5, 5.41) is 20.2. The third-order valence-electron chi connectivity index (χ3n) is 5.97. The molecule has 6 nitrogen and oxygen atoms in total. The summed E-state index contributed by atoms with van der Waals surface area (Å²) in [7, 11) is 1.66. The quantitative estimate of drug-likeness (QED) is 0.892. The van der Waals surface area contributed by atoms with Gasteiger partial charge in [-0.3, -0.25) is 4.90 Å². The molecule has 26 heavy (non-hydrogen) atoms. The summed E-state index contributed by atoms with van der Waals surface area (Å²) < 4.78 is 7.52. The van der Waals surface area contributed by atoms with Gasteiger partial charge in [0.05, 0.1) is 13.7 Å². The van der Waals surface area contributed by atoms with Gasteiger partial charge in [-0.25, -0.2) is 0 Å². The van der Waals surface area contributed by atoms with E-state index in [-0.39, 0.29) is 6.04 Å². The van der Waals surface area contributed by atoms with Crippen LogP contribution in [0.3, 0.4) is 0 Å². The number of aryl methyl sites for hydroxylation is 1. The van der Waals surface area contributed by atoms with Crippen molar-refractivity contribution >= 4 is 0 Å². The van der Waals surface area contributed by atoms with E-state index >= 15 is 0 Å². The molecule has 0 aliphatic carbocycles. The highest BCUT2D eigenvalue weighted by molar-refractivity contribution is 5.31. The van der Waals surface area contributed by atoms with E-state index in [0.717, 1.165) is 61.9 Å². The Hall–Kier alpha value is -1.92. The average Bonchev–Trinajstić information content (AvgIpc) is 3.30. The van der Waals surface area contributed by atoms with E-state index in [1.165, 1.54) is 12.8 Å². The van der Waals surface area contributed by atoms with Gasteiger partial charge in [-0.1, -0.05) is 12.1 Å². The minimum absolute atomic E-state index is 0.0763. The van der Waals surface area contributed by atoms with E-state index < -0.39 is 5.60 Å². The summed E-state index contributed by atoms with van der Waals surface area (Å²) in [5.41, 5.74) is 0.0199. The number of rotatable bonds is 5. The SMILES string of the molecule is COc1ccc([C@](C)(O)[C@@H]2CCCN2Cc2nnc3n2CCCC3)cc1. The van der Waals surface area contributed by atoms with Gasteiger partial charge in [-0.05, 0) is 56.8 Å². The molecule has 2 atom stereocenters. The Labute approximate surface area is 154 Å². The molecule has 2 aliphatic heterocycles. The van der Waals surface area contributed by atoms with E-state index in [4.69, 9.17) is 4.74 Å². The molecule has 0 amide bonds. The van der Waals surface area contributed by atoms with Crippen molar-refractivity contribution in [3.05, 3.63) is 41.5 Å². The summed E-state index contributed by atoms with van der Waals surface area (Å²) >= 11 is 0. The van der Waals surface area contributed by atoms with Crippen LogP contribution in [0.5, 0.6) is 5.75 Å². The van der Waals surface area contributed by atoms with E-state index in [2.05, 4.69) is 19.7 Å². The van der Waals surface area contributed by atoms with Crippen molar-refractivity contribution < 1.29 is 9.84 Å². The maximum atomic E-state index is 11.4. The molecule has 1 saturated heterocycles. The number of benzene rings is 1. The first-order valence-corrected chi connectivity index (χ1v) is 9.61. The Morgan fingerprint density at radius 2 is 1.96 bits per heavy atom. The topological polar surface area (TPSA) is 63.4 Å². The van der Waals surface area contributed by atoms with Gasteiger partial charge in [0.2, 0.25) is 0 Å². The Morgan fingerprint density at radius 3 is 2.73 bits per heavy atom. The van der Waals surface area contributed by atoms with Crippen LogP contribution in [0.25, 0.3) is 0 Å². The highest BCUT2D eigenvalue weighted by Gasteiger charge is 2.41. The highest BCUT2D eigenvalue weighted by Crippen LogP contribution is 2.36. The number of ether oxygens (including phenoxy) is 1. The maximum Gasteiger partial charge on any atom is 0.147 e. The third kappa shape index (κ3) is 3.12. The Balaban J connectivity index is 1.54. The van der Waals surface area contributed by atoms with Gasteiger partial charge in [0.1, 0.15) is 23.0 Å². The van der Waals surface area contributed by atoms with E-state index in [9.17, 15) is 5.11 Å². The van der Waals surface area contributed by atoms with Crippen molar-refractivity contribution in [1.29, 1.82) is 0 Å². The Morgan fingerprint density at radius 1 is 1.15 bits per heavy atom. The normalized spacial score (nSPS) is 22.8. The van der Waals surface area contributed by atoms with Crippen molar-refractivity contribution in [2.24, 2.45) is 0 Å². The lowest BCUT2D eigenvalue weighted by Gasteiger charge is -2.37. The molecule has 2 aliphatic rings. The predicted octanol–water partition coefficient (Wildman–Crippen LogP) is 2.50. The van der Waals surface area contributed by atoms with Crippen molar-refractivity contribution in [3.63, 3.8) is 0 Å². The van der Waals surface area contributed by atoms with Gasteiger partial charge >= 0.3 is 0 Å². The van der Waals surface area contributed by atoms with Gasteiger partial charge < -0.3 is 14.4 Å². The first kappa shape index (κ1) is 17.5. The lowest BCUT2D eigenvalue weighted by Crippen LogP contribution is -2.45. The molecule has 140 valence electrons. The first-order chi connectivity index (χ1) is 12.6. The number of methoxy groups -OCH3 is 1. The highest BCUT2D eigenvalue weighted by atomic mass is 16.5. The molecule has 1 aromatic carbocycles. The molecule has 3 heterocycles. The minimum Gasteiger partial charge on any atom is -0.497 e. The van der Waals surface area contributed by atoms with Crippen molar-refractivity contribution in [2.75, 3.05) is 13.7 Å². The summed E-state index contributed by atoms with van der Waals surface area (Å²) in [6.45, 7) is 4.69. The van der Waals surface area contributed by atoms with Crippen LogP contribution in [0.4, 0.5) is 0 Å². The monoisotopic (exact) mass is 356 g/mol. The third-order valence-corrected chi connectivity index (χ3v) is 5.97. The van der Waals surface area contributed by atoms with E-state index in [0.29, 0.717) is 0 Å². The molecule has 4 rings (SSSR count). The molecule has 1 aromatic heterocycles. The maximum absolute atomic E-state index is 11.4. The molecule has 0 radical (unpaired) electrons. The zero-order chi connectivity index (χ0) is 18.1. The number of hydrogen-bond donors (Lipinski definition) is 1. The molecular weight excluding hydrogens is 328 g/mol. The zero-order valence-electron chi connectivity index (χ0n) is 15.7. The lowest BCUT2D eigenvalue weighted by molar-refractivity contribution is -0.0264. The molecule has 0 unspecified atom stereocenters. The van der Waals surface area contributed by atoms with E-state index in [1.807, 2.05) is 31.2 Å².